The molecule has 3 aromatic rings. The lowest BCUT2D eigenvalue weighted by Gasteiger charge is -2.31. The van der Waals surface area contributed by atoms with Crippen LogP contribution in [-0.4, -0.2) is 52.8 Å². The smallest absolute Gasteiger partial charge is 0.263 e. The van der Waals surface area contributed by atoms with Crippen LogP contribution in [0.1, 0.15) is 28.8 Å². The maximum atomic E-state index is 13.1. The molecule has 3 heterocycles. The number of nitrogens with zero attached hydrogens (tertiary/aromatic N) is 4. The Balaban J connectivity index is 1.24. The van der Waals surface area contributed by atoms with E-state index in [9.17, 15) is 4.79 Å². The second-order valence-electron chi connectivity index (χ2n) is 8.65. The number of aromatic nitrogens is 2. The van der Waals surface area contributed by atoms with Crippen LogP contribution in [-0.2, 0) is 6.54 Å². The number of thioether (sulfide) groups is 1. The van der Waals surface area contributed by atoms with Crippen LogP contribution in [0, 0.1) is 0 Å². The second kappa shape index (κ2) is 10.7. The van der Waals surface area contributed by atoms with E-state index in [4.69, 9.17) is 23.2 Å². The Morgan fingerprint density at radius 2 is 1.80 bits per heavy atom. The molecule has 0 atom stereocenters. The molecule has 2 aliphatic heterocycles. The molecule has 2 aromatic carbocycles. The van der Waals surface area contributed by atoms with E-state index in [-0.39, 0.29) is 5.91 Å². The van der Waals surface area contributed by atoms with E-state index in [1.807, 2.05) is 19.2 Å². The molecule has 2 aliphatic rings. The average molecular weight is 529 g/mol. The van der Waals surface area contributed by atoms with Gasteiger partial charge in [-0.3, -0.25) is 14.6 Å². The van der Waals surface area contributed by atoms with E-state index in [1.54, 1.807) is 29.3 Å². The number of fused-ring (bicyclic) bond motifs is 1. The summed E-state index contributed by atoms with van der Waals surface area (Å²) in [6.45, 7) is 3.19. The number of piperidine rings is 1. The Morgan fingerprint density at radius 1 is 1.09 bits per heavy atom. The van der Waals surface area contributed by atoms with E-state index in [0.717, 1.165) is 25.3 Å². The summed E-state index contributed by atoms with van der Waals surface area (Å²) in [4.78, 5) is 26.1. The fourth-order valence-electron chi connectivity index (χ4n) is 4.39. The van der Waals surface area contributed by atoms with Crippen molar-refractivity contribution in [3.05, 3.63) is 69.8 Å². The van der Waals surface area contributed by atoms with Crippen molar-refractivity contribution >= 4 is 58.2 Å². The largest absolute Gasteiger partial charge is 0.324 e. The molecule has 0 radical (unpaired) electrons. The van der Waals surface area contributed by atoms with Gasteiger partial charge in [0.1, 0.15) is 5.03 Å². The van der Waals surface area contributed by atoms with Gasteiger partial charge in [0.25, 0.3) is 5.91 Å². The maximum absolute atomic E-state index is 13.1. The van der Waals surface area contributed by atoms with Crippen LogP contribution in [0.4, 0.5) is 17.3 Å². The topological polar surface area (TPSA) is 73.4 Å². The van der Waals surface area contributed by atoms with Crippen molar-refractivity contribution in [2.45, 2.75) is 30.5 Å². The zero-order chi connectivity index (χ0) is 24.4. The van der Waals surface area contributed by atoms with Crippen molar-refractivity contribution in [1.29, 1.82) is 0 Å². The Hall–Kier alpha value is -2.36. The van der Waals surface area contributed by atoms with Gasteiger partial charge in [0, 0.05) is 24.5 Å². The quantitative estimate of drug-likeness (QED) is 0.413. The van der Waals surface area contributed by atoms with Crippen molar-refractivity contribution in [3.8, 4) is 0 Å². The highest BCUT2D eigenvalue weighted by Gasteiger charge is 2.30. The molecule has 2 N–H and O–H groups in total. The molecule has 1 amide bonds. The van der Waals surface area contributed by atoms with Gasteiger partial charge in [-0.05, 0) is 62.8 Å². The Morgan fingerprint density at radius 3 is 2.49 bits per heavy atom. The van der Waals surface area contributed by atoms with E-state index in [1.165, 1.54) is 30.2 Å². The first-order chi connectivity index (χ1) is 17.0. The molecule has 0 saturated carbocycles. The lowest BCUT2D eigenvalue weighted by molar-refractivity contribution is 0.0985. The van der Waals surface area contributed by atoms with Gasteiger partial charge in [0.2, 0.25) is 5.95 Å². The number of benzene rings is 2. The predicted octanol–water partition coefficient (Wildman–Crippen LogP) is 5.42. The normalized spacial score (nSPS) is 16.9. The SMILES string of the molecule is CNC1CCN(Cc2ccc(Nc3ncc4c(n3)SCN(c3c(Cl)cccc3Cl)C4=O)cc2)CC1. The van der Waals surface area contributed by atoms with Crippen LogP contribution in [0.25, 0.3) is 0 Å². The number of hydrogen-bond donors (Lipinski definition) is 2. The Kier molecular flexibility index (Phi) is 7.45. The summed E-state index contributed by atoms with van der Waals surface area (Å²) in [5, 5.41) is 8.12. The van der Waals surface area contributed by atoms with Gasteiger partial charge in [-0.2, -0.15) is 0 Å². The number of likely N-dealkylation sites (tertiary alicyclic amines) is 1. The number of carbonyl (C=O) groups excluding carboxylic acids is 1. The number of hydrogen-bond acceptors (Lipinski definition) is 7. The van der Waals surface area contributed by atoms with Gasteiger partial charge < -0.3 is 10.6 Å². The third-order valence-electron chi connectivity index (χ3n) is 6.38. The minimum absolute atomic E-state index is 0.219. The lowest BCUT2D eigenvalue weighted by atomic mass is 10.0. The molecule has 0 aliphatic carbocycles. The van der Waals surface area contributed by atoms with Crippen molar-refractivity contribution in [2.24, 2.45) is 0 Å². The summed E-state index contributed by atoms with van der Waals surface area (Å²) in [6, 6.07) is 14.2. The number of rotatable bonds is 6. The van der Waals surface area contributed by atoms with Crippen LogP contribution in [0.2, 0.25) is 10.0 Å². The molecule has 1 fully saturated rings. The van der Waals surface area contributed by atoms with Crippen LogP contribution in [0.5, 0.6) is 0 Å². The first-order valence-electron chi connectivity index (χ1n) is 11.5. The maximum Gasteiger partial charge on any atom is 0.263 e. The van der Waals surface area contributed by atoms with Crippen molar-refractivity contribution in [3.63, 3.8) is 0 Å². The van der Waals surface area contributed by atoms with Crippen LogP contribution < -0.4 is 15.5 Å². The molecular formula is C25H26Cl2N6OS. The fourth-order valence-corrected chi connectivity index (χ4v) is 5.93. The van der Waals surface area contributed by atoms with E-state index in [0.29, 0.717) is 44.2 Å². The Labute approximate surface area is 219 Å². The zero-order valence-corrected chi connectivity index (χ0v) is 21.6. The van der Waals surface area contributed by atoms with Crippen molar-refractivity contribution < 1.29 is 4.79 Å². The monoisotopic (exact) mass is 528 g/mol. The molecule has 1 saturated heterocycles. The molecular weight excluding hydrogens is 503 g/mol. The summed E-state index contributed by atoms with van der Waals surface area (Å²) in [5.41, 5.74) is 3.12. The second-order valence-corrected chi connectivity index (χ2v) is 10.4. The minimum atomic E-state index is -0.219. The summed E-state index contributed by atoms with van der Waals surface area (Å²) in [7, 11) is 2.04. The third kappa shape index (κ3) is 5.42. The summed E-state index contributed by atoms with van der Waals surface area (Å²) >= 11 is 14.1. The number of carbonyl (C=O) groups is 1. The first-order valence-corrected chi connectivity index (χ1v) is 13.3. The Bertz CT molecular complexity index is 1200. The molecule has 5 rings (SSSR count). The fraction of sp³-hybridized carbons (Fsp3) is 0.320. The van der Waals surface area contributed by atoms with E-state index in [2.05, 4.69) is 37.6 Å². The molecule has 0 spiro atoms. The molecule has 10 heteroatoms. The van der Waals surface area contributed by atoms with Crippen molar-refractivity contribution in [1.82, 2.24) is 20.2 Å². The molecule has 1 aromatic heterocycles. The summed E-state index contributed by atoms with van der Waals surface area (Å²) in [5.74, 6) is 0.602. The minimum Gasteiger partial charge on any atom is -0.324 e. The van der Waals surface area contributed by atoms with Gasteiger partial charge in [-0.25, -0.2) is 9.97 Å². The number of halogens is 2. The average Bonchev–Trinajstić information content (AvgIpc) is 2.87. The zero-order valence-electron chi connectivity index (χ0n) is 19.3. The number of anilines is 3. The first kappa shape index (κ1) is 24.3. The van der Waals surface area contributed by atoms with Crippen LogP contribution >= 0.6 is 35.0 Å². The highest BCUT2D eigenvalue weighted by atomic mass is 35.5. The number of para-hydroxylation sites is 1. The number of nitrogens with one attached hydrogen (secondary N) is 2. The summed E-state index contributed by atoms with van der Waals surface area (Å²) < 4.78 is 0. The van der Waals surface area contributed by atoms with Gasteiger partial charge >= 0.3 is 0 Å². The molecule has 182 valence electrons. The van der Waals surface area contributed by atoms with Gasteiger partial charge in [0.15, 0.2) is 0 Å². The highest BCUT2D eigenvalue weighted by molar-refractivity contribution is 7.99. The molecule has 35 heavy (non-hydrogen) atoms. The number of amides is 1. The standard InChI is InChI=1S/C25H26Cl2N6OS/c1-28-17-9-11-32(12-10-17)14-16-5-7-18(8-6-16)30-25-29-13-19-23(31-25)35-15-33(24(19)34)22-20(26)3-2-4-21(22)27/h2-8,13,17,28H,9-12,14-15H2,1H3,(H,29,30,31). The lowest BCUT2D eigenvalue weighted by Crippen LogP contribution is -2.40. The third-order valence-corrected chi connectivity index (χ3v) is 7.96. The predicted molar refractivity (Wildman–Crippen MR) is 143 cm³/mol. The van der Waals surface area contributed by atoms with Crippen molar-refractivity contribution in [2.75, 3.05) is 36.2 Å². The highest BCUT2D eigenvalue weighted by Crippen LogP contribution is 2.39. The molecule has 0 unspecified atom stereocenters. The molecule has 7 nitrogen and oxygen atoms in total. The van der Waals surface area contributed by atoms with Gasteiger partial charge in [0.05, 0.1) is 27.2 Å². The van der Waals surface area contributed by atoms with Crippen LogP contribution in [0.3, 0.4) is 0 Å². The summed E-state index contributed by atoms with van der Waals surface area (Å²) in [6.07, 6.45) is 3.94. The van der Waals surface area contributed by atoms with Crippen LogP contribution in [0.15, 0.2) is 53.7 Å². The van der Waals surface area contributed by atoms with Gasteiger partial charge in [-0.1, -0.05) is 53.2 Å². The van der Waals surface area contributed by atoms with E-state index >= 15 is 0 Å². The van der Waals surface area contributed by atoms with E-state index < -0.39 is 0 Å². The van der Waals surface area contributed by atoms with Gasteiger partial charge in [-0.15, -0.1) is 0 Å². The molecule has 0 bridgehead atoms.